The molecule has 7 heavy (non-hydrogen) atoms. The molecule has 4 heteroatoms. The Morgan fingerprint density at radius 1 is 1.29 bits per heavy atom. The molecule has 2 nitrogen and oxygen atoms in total. The fourth-order valence-electron chi connectivity index (χ4n) is 0. The molecular formula is C3H12N2PPd-3. The van der Waals surface area contributed by atoms with Gasteiger partial charge in [0, 0.05) is 20.4 Å². The zero-order valence-corrected chi connectivity index (χ0v) is 6.88. The van der Waals surface area contributed by atoms with Crippen molar-refractivity contribution in [1.29, 1.82) is 0 Å². The van der Waals surface area contributed by atoms with Crippen molar-refractivity contribution >= 4 is 9.24 Å². The van der Waals surface area contributed by atoms with Crippen molar-refractivity contribution in [1.82, 2.24) is 0 Å². The number of hydrogen-bond acceptors (Lipinski definition) is 0. The summed E-state index contributed by atoms with van der Waals surface area (Å²) in [7, 11) is 2.59. The molecule has 52 valence electrons. The van der Waals surface area contributed by atoms with Gasteiger partial charge in [0.25, 0.3) is 0 Å². The van der Waals surface area contributed by atoms with E-state index in [4.69, 9.17) is 0 Å². The largest absolute Gasteiger partial charge is 0.693 e. The van der Waals surface area contributed by atoms with Crippen LogP contribution in [0.4, 0.5) is 0 Å². The van der Waals surface area contributed by atoms with Crippen LogP contribution in [0.1, 0.15) is 6.42 Å². The van der Waals surface area contributed by atoms with Crippen molar-refractivity contribution < 1.29 is 20.4 Å². The number of rotatable bonds is 1. The van der Waals surface area contributed by atoms with Crippen LogP contribution in [-0.2, 0) is 20.4 Å². The Bertz CT molecular complexity index is 14.9. The summed E-state index contributed by atoms with van der Waals surface area (Å²) in [4.78, 5) is 0. The maximum absolute atomic E-state index is 3.58. The standard InChI is InChI=1S/C3H8P.2H2N.Pd/c1-2-3-4;;;/h1-4H2;2*1H2;/q3*-1;. The molecule has 0 spiro atoms. The average Bonchev–Trinajstić information content (AvgIpc) is 1.37. The minimum atomic E-state index is 0. The summed E-state index contributed by atoms with van der Waals surface area (Å²) in [5.41, 5.74) is 0. The summed E-state index contributed by atoms with van der Waals surface area (Å²) in [5, 5.41) is 0. The van der Waals surface area contributed by atoms with Crippen molar-refractivity contribution in [2.75, 3.05) is 6.16 Å². The Hall–Kier alpha value is 1.01. The fourth-order valence-corrected chi connectivity index (χ4v) is 0. The molecule has 0 radical (unpaired) electrons. The topological polar surface area (TPSA) is 67.0 Å². The van der Waals surface area contributed by atoms with Crippen LogP contribution < -0.4 is 0 Å². The van der Waals surface area contributed by atoms with E-state index in [1.54, 1.807) is 0 Å². The normalized spacial score (nSPS) is 4.29. The number of hydrogen-bond donors (Lipinski definition) is 0. The van der Waals surface area contributed by atoms with E-state index in [-0.39, 0.29) is 32.7 Å². The van der Waals surface area contributed by atoms with E-state index in [9.17, 15) is 0 Å². The van der Waals surface area contributed by atoms with Gasteiger partial charge in [0.1, 0.15) is 0 Å². The van der Waals surface area contributed by atoms with Crippen LogP contribution in [0, 0.1) is 6.92 Å². The molecule has 4 N–H and O–H groups in total. The first-order valence-corrected chi connectivity index (χ1v) is 2.22. The monoisotopic (exact) mass is 213 g/mol. The van der Waals surface area contributed by atoms with Gasteiger partial charge in [-0.1, -0.05) is 6.16 Å². The predicted molar refractivity (Wildman–Crippen MR) is 35.1 cm³/mol. The summed E-state index contributed by atoms with van der Waals surface area (Å²) in [6, 6.07) is 0. The van der Waals surface area contributed by atoms with Gasteiger partial charge in [-0.25, -0.2) is 0 Å². The summed E-state index contributed by atoms with van der Waals surface area (Å²) < 4.78 is 0. The first-order chi connectivity index (χ1) is 1.91. The van der Waals surface area contributed by atoms with Gasteiger partial charge in [-0.2, -0.15) is 6.42 Å². The summed E-state index contributed by atoms with van der Waals surface area (Å²) >= 11 is 0. The third-order valence-corrected chi connectivity index (χ3v) is 0.612. The summed E-state index contributed by atoms with van der Waals surface area (Å²) in [6.07, 6.45) is 2.16. The summed E-state index contributed by atoms with van der Waals surface area (Å²) in [5.74, 6) is 0. The smallest absolute Gasteiger partial charge is 0 e. The van der Waals surface area contributed by atoms with Gasteiger partial charge < -0.3 is 19.2 Å². The average molecular weight is 214 g/mol. The minimum Gasteiger partial charge on any atom is -0.693 e. The van der Waals surface area contributed by atoms with Gasteiger partial charge in [-0.15, -0.1) is 9.24 Å². The zero-order chi connectivity index (χ0) is 3.41. The molecule has 0 saturated heterocycles. The summed E-state index contributed by atoms with van der Waals surface area (Å²) in [6.45, 7) is 3.58. The molecule has 0 fully saturated rings. The Kier molecular flexibility index (Phi) is 97.7. The van der Waals surface area contributed by atoms with Crippen LogP contribution in [0.15, 0.2) is 0 Å². The van der Waals surface area contributed by atoms with E-state index in [0.717, 1.165) is 12.6 Å². The van der Waals surface area contributed by atoms with Crippen molar-refractivity contribution in [2.24, 2.45) is 0 Å². The Morgan fingerprint density at radius 2 is 1.43 bits per heavy atom. The molecule has 0 aliphatic carbocycles. The first-order valence-electron chi connectivity index (χ1n) is 1.41. The fraction of sp³-hybridized carbons (Fsp3) is 0.667. The third kappa shape index (κ3) is 43.5. The van der Waals surface area contributed by atoms with Crippen molar-refractivity contribution in [3.8, 4) is 0 Å². The van der Waals surface area contributed by atoms with Crippen LogP contribution in [0.25, 0.3) is 12.3 Å². The van der Waals surface area contributed by atoms with Gasteiger partial charge in [-0.3, -0.25) is 0 Å². The molecule has 0 bridgehead atoms. The van der Waals surface area contributed by atoms with Gasteiger partial charge in [0.15, 0.2) is 0 Å². The SMILES string of the molecule is [CH2-]CCP.[NH2-].[NH2-].[Pd]. The Balaban J connectivity index is -0.0000000150. The van der Waals surface area contributed by atoms with Crippen LogP contribution in [0.5, 0.6) is 0 Å². The molecule has 0 heterocycles. The molecule has 0 rings (SSSR count). The van der Waals surface area contributed by atoms with E-state index >= 15 is 0 Å². The Labute approximate surface area is 61.8 Å². The molecule has 0 saturated carbocycles. The second-order valence-electron chi connectivity index (χ2n) is 0.642. The van der Waals surface area contributed by atoms with Crippen molar-refractivity contribution in [2.45, 2.75) is 6.42 Å². The van der Waals surface area contributed by atoms with E-state index in [1.807, 2.05) is 0 Å². The number of nitrogens with two attached hydrogens (primary N) is 2. The first kappa shape index (κ1) is 24.5. The van der Waals surface area contributed by atoms with Crippen molar-refractivity contribution in [3.63, 3.8) is 0 Å². The molecule has 0 aliphatic heterocycles. The van der Waals surface area contributed by atoms with Crippen molar-refractivity contribution in [3.05, 3.63) is 19.2 Å². The maximum atomic E-state index is 3.58. The van der Waals surface area contributed by atoms with Crippen LogP contribution in [-0.4, -0.2) is 6.16 Å². The Morgan fingerprint density at radius 3 is 1.43 bits per heavy atom. The second-order valence-corrected chi connectivity index (χ2v) is 1.22. The molecule has 0 aliphatic rings. The maximum Gasteiger partial charge on any atom is 0 e. The zero-order valence-electron chi connectivity index (χ0n) is 4.17. The van der Waals surface area contributed by atoms with E-state index in [2.05, 4.69) is 16.2 Å². The van der Waals surface area contributed by atoms with E-state index in [0.29, 0.717) is 0 Å². The van der Waals surface area contributed by atoms with Crippen LogP contribution in [0.2, 0.25) is 0 Å². The second kappa shape index (κ2) is 27.9. The van der Waals surface area contributed by atoms with Gasteiger partial charge >= 0.3 is 0 Å². The molecule has 0 aromatic carbocycles. The van der Waals surface area contributed by atoms with Crippen LogP contribution >= 0.6 is 9.24 Å². The van der Waals surface area contributed by atoms with E-state index < -0.39 is 0 Å². The van der Waals surface area contributed by atoms with Gasteiger partial charge in [-0.05, 0) is 0 Å². The quantitative estimate of drug-likeness (QED) is 0.365. The molecular weight excluding hydrogens is 201 g/mol. The molecule has 1 atom stereocenters. The van der Waals surface area contributed by atoms with Gasteiger partial charge in [0.2, 0.25) is 0 Å². The molecule has 1 unspecified atom stereocenters. The van der Waals surface area contributed by atoms with Crippen LogP contribution in [0.3, 0.4) is 0 Å². The van der Waals surface area contributed by atoms with E-state index in [1.165, 1.54) is 0 Å². The molecule has 0 aromatic rings. The molecule has 0 amide bonds. The third-order valence-electron chi connectivity index (χ3n) is 0.204. The van der Waals surface area contributed by atoms with Gasteiger partial charge in [0.05, 0.1) is 0 Å². The predicted octanol–water partition coefficient (Wildman–Crippen LogP) is 2.52. The molecule has 0 aromatic heterocycles. The minimum absolute atomic E-state index is 0.